The predicted molar refractivity (Wildman–Crippen MR) is 117 cm³/mol. The Labute approximate surface area is 177 Å². The molecule has 0 bridgehead atoms. The molecule has 0 aliphatic heterocycles. The number of aryl methyl sites for hydroxylation is 2. The van der Waals surface area contributed by atoms with E-state index >= 15 is 0 Å². The van der Waals surface area contributed by atoms with Crippen LogP contribution < -0.4 is 16.2 Å². The number of carbonyl (C=O) groups excluding carboxylic acids is 2. The summed E-state index contributed by atoms with van der Waals surface area (Å²) in [6.07, 6.45) is 0. The number of carbonyl (C=O) groups is 2. The highest BCUT2D eigenvalue weighted by atomic mass is 32.1. The van der Waals surface area contributed by atoms with Crippen LogP contribution in [0.5, 0.6) is 0 Å². The zero-order valence-corrected chi connectivity index (χ0v) is 17.4. The topological polar surface area (TPSA) is 83.4 Å². The summed E-state index contributed by atoms with van der Waals surface area (Å²) in [4.78, 5) is 26.0. The summed E-state index contributed by atoms with van der Waals surface area (Å²) in [7, 11) is 0. The molecule has 1 atom stereocenters. The lowest BCUT2D eigenvalue weighted by Gasteiger charge is -2.19. The number of furan rings is 1. The van der Waals surface area contributed by atoms with Crippen LogP contribution in [0.25, 0.3) is 11.0 Å². The first kappa shape index (κ1) is 19.7. The van der Waals surface area contributed by atoms with Gasteiger partial charge in [0.05, 0.1) is 6.04 Å². The van der Waals surface area contributed by atoms with Gasteiger partial charge in [0.2, 0.25) is 0 Å². The molecule has 0 radical (unpaired) electrons. The second-order valence-corrected chi connectivity index (χ2v) is 7.94. The van der Waals surface area contributed by atoms with E-state index in [-0.39, 0.29) is 11.8 Å². The molecule has 0 spiro atoms. The number of fused-ring (bicyclic) bond motifs is 1. The van der Waals surface area contributed by atoms with Crippen molar-refractivity contribution >= 4 is 34.2 Å². The van der Waals surface area contributed by atoms with E-state index in [9.17, 15) is 9.59 Å². The van der Waals surface area contributed by atoms with Crippen LogP contribution in [0.15, 0.2) is 70.5 Å². The van der Waals surface area contributed by atoms with Gasteiger partial charge in [-0.3, -0.25) is 10.2 Å². The van der Waals surface area contributed by atoms with Gasteiger partial charge in [-0.2, -0.15) is 0 Å². The number of rotatable bonds is 4. The quantitative estimate of drug-likeness (QED) is 0.414. The maximum absolute atomic E-state index is 12.5. The van der Waals surface area contributed by atoms with Crippen LogP contribution in [-0.4, -0.2) is 11.9 Å². The molecular weight excluding hydrogens is 398 g/mol. The van der Waals surface area contributed by atoms with Gasteiger partial charge in [-0.15, -0.1) is 11.3 Å². The first-order valence-electron chi connectivity index (χ1n) is 9.48. The third-order valence-corrected chi connectivity index (χ3v) is 5.79. The van der Waals surface area contributed by atoms with Crippen LogP contribution in [0.4, 0.5) is 4.79 Å². The molecule has 3 amide bonds. The molecule has 0 fully saturated rings. The summed E-state index contributed by atoms with van der Waals surface area (Å²) in [5, 5.41) is 5.74. The lowest BCUT2D eigenvalue weighted by Crippen LogP contribution is -2.48. The molecule has 4 rings (SSSR count). The molecular formula is C23H21N3O3S. The summed E-state index contributed by atoms with van der Waals surface area (Å²) in [6.45, 7) is 3.82. The van der Waals surface area contributed by atoms with Crippen molar-refractivity contribution in [2.45, 2.75) is 19.9 Å². The minimum Gasteiger partial charge on any atom is -0.451 e. The third-order valence-electron chi connectivity index (χ3n) is 4.85. The zero-order valence-electron chi connectivity index (χ0n) is 16.6. The van der Waals surface area contributed by atoms with Gasteiger partial charge in [0.25, 0.3) is 0 Å². The highest BCUT2D eigenvalue weighted by Crippen LogP contribution is 2.26. The average Bonchev–Trinajstić information content (AvgIpc) is 3.40. The fraction of sp³-hybridized carbons (Fsp3) is 0.130. The van der Waals surface area contributed by atoms with E-state index in [4.69, 9.17) is 4.42 Å². The van der Waals surface area contributed by atoms with Gasteiger partial charge in [-0.05, 0) is 36.9 Å². The van der Waals surface area contributed by atoms with Crippen molar-refractivity contribution in [3.63, 3.8) is 0 Å². The van der Waals surface area contributed by atoms with Crippen LogP contribution in [0.2, 0.25) is 0 Å². The summed E-state index contributed by atoms with van der Waals surface area (Å²) in [5.41, 5.74) is 8.29. The van der Waals surface area contributed by atoms with E-state index < -0.39 is 11.9 Å². The Kier molecular flexibility index (Phi) is 5.54. The Morgan fingerprint density at radius 2 is 1.70 bits per heavy atom. The number of para-hydroxylation sites is 1. The van der Waals surface area contributed by atoms with Crippen molar-refractivity contribution in [1.29, 1.82) is 0 Å². The maximum Gasteiger partial charge on any atom is 0.334 e. The van der Waals surface area contributed by atoms with Gasteiger partial charge in [0, 0.05) is 15.8 Å². The van der Waals surface area contributed by atoms with Crippen LogP contribution in [0.3, 0.4) is 0 Å². The van der Waals surface area contributed by atoms with E-state index in [2.05, 4.69) is 16.2 Å². The fourth-order valence-corrected chi connectivity index (χ4v) is 4.06. The summed E-state index contributed by atoms with van der Waals surface area (Å²) in [5.74, 6) is -0.341. The maximum atomic E-state index is 12.5. The molecule has 2 heterocycles. The largest absolute Gasteiger partial charge is 0.451 e. The summed E-state index contributed by atoms with van der Waals surface area (Å²) >= 11 is 1.55. The predicted octanol–water partition coefficient (Wildman–Crippen LogP) is 4.84. The van der Waals surface area contributed by atoms with Gasteiger partial charge in [0.1, 0.15) is 5.58 Å². The van der Waals surface area contributed by atoms with E-state index in [0.717, 1.165) is 27.0 Å². The normalized spacial score (nSPS) is 11.8. The van der Waals surface area contributed by atoms with Crippen molar-refractivity contribution in [2.24, 2.45) is 0 Å². The highest BCUT2D eigenvalue weighted by molar-refractivity contribution is 7.10. The van der Waals surface area contributed by atoms with Gasteiger partial charge >= 0.3 is 11.9 Å². The first-order valence-corrected chi connectivity index (χ1v) is 10.4. The number of benzene rings is 2. The van der Waals surface area contributed by atoms with Gasteiger partial charge < -0.3 is 9.73 Å². The molecule has 3 N–H and O–H groups in total. The van der Waals surface area contributed by atoms with Crippen molar-refractivity contribution in [3.8, 4) is 0 Å². The molecule has 2 aromatic heterocycles. The molecule has 0 saturated heterocycles. The number of nitrogens with one attached hydrogen (secondary N) is 3. The number of amides is 3. The van der Waals surface area contributed by atoms with Crippen molar-refractivity contribution in [1.82, 2.24) is 16.2 Å². The molecule has 0 unspecified atom stereocenters. The van der Waals surface area contributed by atoms with Gasteiger partial charge in [0.15, 0.2) is 5.76 Å². The van der Waals surface area contributed by atoms with Crippen molar-refractivity contribution < 1.29 is 14.0 Å². The molecule has 4 aromatic rings. The Morgan fingerprint density at radius 3 is 2.40 bits per heavy atom. The smallest absolute Gasteiger partial charge is 0.334 e. The van der Waals surface area contributed by atoms with E-state index in [1.807, 2.05) is 73.8 Å². The van der Waals surface area contributed by atoms with Crippen LogP contribution in [0, 0.1) is 13.8 Å². The van der Waals surface area contributed by atoms with Crippen molar-refractivity contribution in [3.05, 3.63) is 93.4 Å². The van der Waals surface area contributed by atoms with Crippen LogP contribution >= 0.6 is 11.3 Å². The molecule has 0 aliphatic carbocycles. The second-order valence-electron chi connectivity index (χ2n) is 6.96. The zero-order chi connectivity index (χ0) is 21.1. The van der Waals surface area contributed by atoms with E-state index in [1.165, 1.54) is 0 Å². The molecule has 30 heavy (non-hydrogen) atoms. The van der Waals surface area contributed by atoms with Crippen LogP contribution in [-0.2, 0) is 0 Å². The lowest BCUT2D eigenvalue weighted by atomic mass is 10.0. The molecule has 2 aromatic carbocycles. The Morgan fingerprint density at radius 1 is 0.933 bits per heavy atom. The molecule has 152 valence electrons. The first-order chi connectivity index (χ1) is 14.5. The second kappa shape index (κ2) is 8.42. The van der Waals surface area contributed by atoms with E-state index in [1.54, 1.807) is 17.4 Å². The number of hydrazine groups is 1. The molecule has 7 heteroatoms. The summed E-state index contributed by atoms with van der Waals surface area (Å²) < 4.78 is 5.63. The van der Waals surface area contributed by atoms with E-state index in [0.29, 0.717) is 5.58 Å². The Bertz CT molecular complexity index is 1180. The Balaban J connectivity index is 1.45. The standard InChI is InChI=1S/C23H21N3O3S/c1-14-9-11-16(12-10-14)20(19-8-5-13-30-19)24-23(28)26-25-22(27)21-15(2)17-6-3-4-7-18(17)29-21/h3-13,20H,1-2H3,(H,25,27)(H2,24,26,28)/t20-/m0/s1. The molecule has 0 saturated carbocycles. The van der Waals surface area contributed by atoms with Gasteiger partial charge in [-0.25, -0.2) is 10.2 Å². The van der Waals surface area contributed by atoms with Crippen LogP contribution in [0.1, 0.15) is 38.2 Å². The average molecular weight is 420 g/mol. The third kappa shape index (κ3) is 4.06. The highest BCUT2D eigenvalue weighted by Gasteiger charge is 2.20. The van der Waals surface area contributed by atoms with Gasteiger partial charge in [-0.1, -0.05) is 54.1 Å². The number of thiophene rings is 1. The SMILES string of the molecule is Cc1ccc([C@H](NC(=O)NNC(=O)c2oc3ccccc3c2C)c2cccs2)cc1. The number of hydrogen-bond donors (Lipinski definition) is 3. The minimum atomic E-state index is -0.518. The molecule has 6 nitrogen and oxygen atoms in total. The lowest BCUT2D eigenvalue weighted by molar-refractivity contribution is 0.0909. The number of urea groups is 1. The number of hydrogen-bond acceptors (Lipinski definition) is 4. The monoisotopic (exact) mass is 419 g/mol. The van der Waals surface area contributed by atoms with Crippen molar-refractivity contribution in [2.75, 3.05) is 0 Å². The molecule has 0 aliphatic rings. The summed E-state index contributed by atoms with van der Waals surface area (Å²) in [6, 6.07) is 18.4. The fourth-order valence-electron chi connectivity index (χ4n) is 3.26. The Hall–Kier alpha value is -3.58. The minimum absolute atomic E-state index is 0.171.